The van der Waals surface area contributed by atoms with Gasteiger partial charge in [-0.25, -0.2) is 8.78 Å². The molecule has 0 unspecified atom stereocenters. The Morgan fingerprint density at radius 1 is 1.17 bits per heavy atom. The third-order valence-corrected chi connectivity index (χ3v) is 4.91. The van der Waals surface area contributed by atoms with Crippen LogP contribution in [-0.4, -0.2) is 61.3 Å². The summed E-state index contributed by atoms with van der Waals surface area (Å²) in [6, 6.07) is 0. The van der Waals surface area contributed by atoms with E-state index in [9.17, 15) is 17.2 Å². The third-order valence-electron chi connectivity index (χ3n) is 2.91. The fourth-order valence-corrected chi connectivity index (χ4v) is 3.66. The minimum atomic E-state index is -3.88. The van der Waals surface area contributed by atoms with E-state index in [2.05, 4.69) is 0 Å². The minimum absolute atomic E-state index is 0.289. The fourth-order valence-electron chi connectivity index (χ4n) is 2.00. The highest BCUT2D eigenvalue weighted by Crippen LogP contribution is 2.17. The van der Waals surface area contributed by atoms with Gasteiger partial charge in [0.05, 0.1) is 13.2 Å². The first-order chi connectivity index (χ1) is 8.48. The summed E-state index contributed by atoms with van der Waals surface area (Å²) in [7, 11) is -3.88. The van der Waals surface area contributed by atoms with Gasteiger partial charge >= 0.3 is 0 Å². The predicted molar refractivity (Wildman–Crippen MR) is 63.6 cm³/mol. The van der Waals surface area contributed by atoms with Crippen molar-refractivity contribution in [3.8, 4) is 0 Å². The smallest absolute Gasteiger partial charge is 0.282 e. The van der Waals surface area contributed by atoms with E-state index in [-0.39, 0.29) is 6.54 Å². The second-order valence-electron chi connectivity index (χ2n) is 4.29. The third kappa shape index (κ3) is 4.42. The molecule has 1 saturated heterocycles. The van der Waals surface area contributed by atoms with Gasteiger partial charge in [0.15, 0.2) is 0 Å². The van der Waals surface area contributed by atoms with Gasteiger partial charge in [-0.15, -0.1) is 0 Å². The average Bonchev–Trinajstić information content (AvgIpc) is 2.56. The van der Waals surface area contributed by atoms with E-state index in [1.54, 1.807) is 0 Å². The van der Waals surface area contributed by atoms with Crippen molar-refractivity contribution in [2.45, 2.75) is 32.1 Å². The van der Waals surface area contributed by atoms with Crippen molar-refractivity contribution in [2.75, 3.05) is 32.8 Å². The van der Waals surface area contributed by atoms with Crippen LogP contribution in [0.15, 0.2) is 0 Å². The lowest BCUT2D eigenvalue weighted by molar-refractivity contribution is 0.110. The Kier molecular flexibility index (Phi) is 6.40. The quantitative estimate of drug-likeness (QED) is 0.780. The van der Waals surface area contributed by atoms with Crippen molar-refractivity contribution >= 4 is 10.2 Å². The lowest BCUT2D eigenvalue weighted by atomic mass is 10.2. The van der Waals surface area contributed by atoms with Crippen molar-refractivity contribution in [1.29, 1.82) is 0 Å². The SMILES string of the molecule is O=S(=O)(N1CCCCCC1)N(CCO)CC(F)F. The monoisotopic (exact) mass is 286 g/mol. The number of aliphatic hydroxyl groups is 1. The standard InChI is InChI=1S/C10H20F2N2O3S/c11-10(12)9-14(7-8-15)18(16,17)13-5-3-1-2-4-6-13/h10,15H,1-9H2. The Morgan fingerprint density at radius 2 is 1.72 bits per heavy atom. The molecule has 1 heterocycles. The van der Waals surface area contributed by atoms with Gasteiger partial charge < -0.3 is 5.11 Å². The second-order valence-corrected chi connectivity index (χ2v) is 6.22. The molecule has 0 aromatic carbocycles. The molecular formula is C10H20F2N2O3S. The van der Waals surface area contributed by atoms with Crippen molar-refractivity contribution in [2.24, 2.45) is 0 Å². The fraction of sp³-hybridized carbons (Fsp3) is 1.00. The summed E-state index contributed by atoms with van der Waals surface area (Å²) < 4.78 is 51.0. The van der Waals surface area contributed by atoms with E-state index in [0.29, 0.717) is 17.4 Å². The van der Waals surface area contributed by atoms with Gasteiger partial charge in [0.2, 0.25) is 0 Å². The van der Waals surface area contributed by atoms with E-state index in [0.717, 1.165) is 25.7 Å². The van der Waals surface area contributed by atoms with Gasteiger partial charge in [0.1, 0.15) is 0 Å². The van der Waals surface area contributed by atoms with Crippen LogP contribution in [-0.2, 0) is 10.2 Å². The normalized spacial score (nSPS) is 19.4. The lowest BCUT2D eigenvalue weighted by Crippen LogP contribution is -2.47. The Bertz CT molecular complexity index is 330. The van der Waals surface area contributed by atoms with Crippen LogP contribution in [0.5, 0.6) is 0 Å². The highest BCUT2D eigenvalue weighted by molar-refractivity contribution is 7.86. The molecule has 1 aliphatic heterocycles. The zero-order valence-corrected chi connectivity index (χ0v) is 11.1. The molecule has 0 amide bonds. The Morgan fingerprint density at radius 3 is 2.17 bits per heavy atom. The molecule has 0 aromatic heterocycles. The molecule has 1 fully saturated rings. The van der Waals surface area contributed by atoms with Crippen LogP contribution >= 0.6 is 0 Å². The van der Waals surface area contributed by atoms with Gasteiger partial charge in [-0.3, -0.25) is 0 Å². The maximum absolute atomic E-state index is 12.4. The van der Waals surface area contributed by atoms with Gasteiger partial charge in [-0.05, 0) is 12.8 Å². The summed E-state index contributed by atoms with van der Waals surface area (Å²) in [5.74, 6) is 0. The average molecular weight is 286 g/mol. The highest BCUT2D eigenvalue weighted by Gasteiger charge is 2.31. The summed E-state index contributed by atoms with van der Waals surface area (Å²) in [5.41, 5.74) is 0. The summed E-state index contributed by atoms with van der Waals surface area (Å²) in [6.45, 7) is -0.872. The summed E-state index contributed by atoms with van der Waals surface area (Å²) in [6.07, 6.45) is 0.682. The van der Waals surface area contributed by atoms with E-state index in [1.807, 2.05) is 0 Å². The van der Waals surface area contributed by atoms with Crippen molar-refractivity contribution in [3.63, 3.8) is 0 Å². The Hall–Kier alpha value is -0.310. The molecule has 1 rings (SSSR count). The van der Waals surface area contributed by atoms with Gasteiger partial charge in [0.25, 0.3) is 16.6 Å². The first-order valence-electron chi connectivity index (χ1n) is 6.12. The number of alkyl halides is 2. The number of nitrogens with zero attached hydrogens (tertiary/aromatic N) is 2. The Labute approximate surface area is 107 Å². The molecule has 0 spiro atoms. The first-order valence-corrected chi connectivity index (χ1v) is 7.52. The van der Waals surface area contributed by atoms with Gasteiger partial charge in [-0.2, -0.15) is 17.0 Å². The van der Waals surface area contributed by atoms with Crippen molar-refractivity contribution in [1.82, 2.24) is 8.61 Å². The number of rotatable bonds is 6. The summed E-state index contributed by atoms with van der Waals surface area (Å²) in [4.78, 5) is 0. The molecule has 5 nitrogen and oxygen atoms in total. The van der Waals surface area contributed by atoms with Crippen molar-refractivity contribution in [3.05, 3.63) is 0 Å². The molecule has 8 heteroatoms. The largest absolute Gasteiger partial charge is 0.395 e. The molecule has 1 aliphatic rings. The predicted octanol–water partition coefficient (Wildman–Crippen LogP) is 0.667. The van der Waals surface area contributed by atoms with Crippen LogP contribution in [0.2, 0.25) is 0 Å². The summed E-state index contributed by atoms with van der Waals surface area (Å²) in [5, 5.41) is 8.80. The van der Waals surface area contributed by atoms with Gasteiger partial charge in [-0.1, -0.05) is 12.8 Å². The maximum atomic E-state index is 12.4. The number of hydrogen-bond donors (Lipinski definition) is 1. The second kappa shape index (κ2) is 7.32. The molecule has 0 radical (unpaired) electrons. The molecule has 18 heavy (non-hydrogen) atoms. The summed E-state index contributed by atoms with van der Waals surface area (Å²) >= 11 is 0. The topological polar surface area (TPSA) is 60.9 Å². The van der Waals surface area contributed by atoms with E-state index >= 15 is 0 Å². The molecule has 1 N–H and O–H groups in total. The van der Waals surface area contributed by atoms with Crippen LogP contribution in [0.1, 0.15) is 25.7 Å². The van der Waals surface area contributed by atoms with E-state index in [1.165, 1.54) is 4.31 Å². The minimum Gasteiger partial charge on any atom is -0.395 e. The maximum Gasteiger partial charge on any atom is 0.282 e. The molecule has 0 aliphatic carbocycles. The zero-order valence-electron chi connectivity index (χ0n) is 10.3. The van der Waals surface area contributed by atoms with Crippen LogP contribution in [0.25, 0.3) is 0 Å². The Balaban J connectivity index is 2.78. The molecule has 0 bridgehead atoms. The van der Waals surface area contributed by atoms with E-state index in [4.69, 9.17) is 5.11 Å². The zero-order chi connectivity index (χ0) is 13.6. The lowest BCUT2D eigenvalue weighted by Gasteiger charge is -2.28. The molecule has 0 atom stereocenters. The number of aliphatic hydroxyl groups excluding tert-OH is 1. The number of hydrogen-bond acceptors (Lipinski definition) is 3. The van der Waals surface area contributed by atoms with Crippen molar-refractivity contribution < 1.29 is 22.3 Å². The number of halogens is 2. The van der Waals surface area contributed by atoms with Crippen LogP contribution in [0, 0.1) is 0 Å². The van der Waals surface area contributed by atoms with E-state index < -0.39 is 29.8 Å². The highest BCUT2D eigenvalue weighted by atomic mass is 32.2. The molecular weight excluding hydrogens is 266 g/mol. The molecule has 0 aromatic rings. The van der Waals surface area contributed by atoms with Gasteiger partial charge in [0, 0.05) is 19.6 Å². The molecule has 0 saturated carbocycles. The van der Waals surface area contributed by atoms with Crippen LogP contribution in [0.4, 0.5) is 8.78 Å². The first kappa shape index (κ1) is 15.7. The van der Waals surface area contributed by atoms with Crippen LogP contribution in [0.3, 0.4) is 0 Å². The van der Waals surface area contributed by atoms with Crippen LogP contribution < -0.4 is 0 Å². The molecule has 108 valence electrons.